The Kier molecular flexibility index (Phi) is 3.84. The van der Waals surface area contributed by atoms with E-state index in [1.165, 1.54) is 25.6 Å². The molecule has 0 spiro atoms. The molecule has 2 aromatic rings. The minimum Gasteiger partial charge on any atom is -0.490 e. The van der Waals surface area contributed by atoms with Crippen LogP contribution in [-0.4, -0.2) is 17.1 Å². The van der Waals surface area contributed by atoms with E-state index in [2.05, 4.69) is 15.3 Å². The van der Waals surface area contributed by atoms with Crippen LogP contribution in [0.2, 0.25) is 10.2 Å². The summed E-state index contributed by atoms with van der Waals surface area (Å²) in [6.07, 6.45) is 1.25. The lowest BCUT2D eigenvalue weighted by molar-refractivity contribution is 0.413. The third-order valence-corrected chi connectivity index (χ3v) is 2.65. The Morgan fingerprint density at radius 2 is 2.06 bits per heavy atom. The van der Waals surface area contributed by atoms with Crippen LogP contribution >= 0.6 is 23.2 Å². The van der Waals surface area contributed by atoms with Crippen molar-refractivity contribution in [1.29, 1.82) is 0 Å². The fraction of sp³-hybridized carbons (Fsp3) is 0.0909. The molecule has 1 N–H and O–H groups in total. The van der Waals surface area contributed by atoms with Crippen LogP contribution in [-0.2, 0) is 0 Å². The molecule has 0 fully saturated rings. The number of ether oxygens (including phenoxy) is 1. The summed E-state index contributed by atoms with van der Waals surface area (Å²) in [5.41, 5.74) is 0.215. The lowest BCUT2D eigenvalue weighted by atomic mass is 10.3. The molecule has 0 saturated heterocycles. The summed E-state index contributed by atoms with van der Waals surface area (Å²) in [5, 5.41) is 3.22. The molecule has 0 aliphatic rings. The molecular weight excluding hydrogens is 280 g/mol. The second-order valence-corrected chi connectivity index (χ2v) is 4.09. The molecule has 94 valence electrons. The maximum atomic E-state index is 13.6. The summed E-state index contributed by atoms with van der Waals surface area (Å²) >= 11 is 11.5. The van der Waals surface area contributed by atoms with Gasteiger partial charge < -0.3 is 10.1 Å². The van der Waals surface area contributed by atoms with E-state index in [9.17, 15) is 4.39 Å². The Bertz CT molecular complexity index is 580. The first-order valence-electron chi connectivity index (χ1n) is 4.88. The number of methoxy groups -OCH3 is 1. The fourth-order valence-electron chi connectivity index (χ4n) is 1.34. The van der Waals surface area contributed by atoms with Crippen molar-refractivity contribution in [3.63, 3.8) is 0 Å². The first-order valence-corrected chi connectivity index (χ1v) is 5.64. The molecule has 4 nitrogen and oxygen atoms in total. The van der Waals surface area contributed by atoms with E-state index in [4.69, 9.17) is 27.9 Å². The molecule has 0 atom stereocenters. The summed E-state index contributed by atoms with van der Waals surface area (Å²) in [6.45, 7) is 0. The first-order chi connectivity index (χ1) is 8.61. The number of benzene rings is 1. The van der Waals surface area contributed by atoms with Gasteiger partial charge in [0.05, 0.1) is 12.8 Å². The average molecular weight is 288 g/mol. The van der Waals surface area contributed by atoms with Crippen molar-refractivity contribution in [2.45, 2.75) is 0 Å². The van der Waals surface area contributed by atoms with Crippen LogP contribution in [0.4, 0.5) is 15.9 Å². The van der Waals surface area contributed by atoms with Crippen LogP contribution in [0.3, 0.4) is 0 Å². The van der Waals surface area contributed by atoms with Gasteiger partial charge in [0.15, 0.2) is 16.7 Å². The number of nitrogens with zero attached hydrogens (tertiary/aromatic N) is 2. The molecule has 2 rings (SSSR count). The highest BCUT2D eigenvalue weighted by atomic mass is 35.5. The molecule has 7 heteroatoms. The molecule has 0 aliphatic carbocycles. The van der Waals surface area contributed by atoms with Crippen molar-refractivity contribution < 1.29 is 9.13 Å². The van der Waals surface area contributed by atoms with Crippen LogP contribution in [0.25, 0.3) is 0 Å². The minimum absolute atomic E-state index is 0.143. The quantitative estimate of drug-likeness (QED) is 0.875. The Hall–Kier alpha value is -1.59. The average Bonchev–Trinajstić information content (AvgIpc) is 2.33. The molecule has 0 unspecified atom stereocenters. The fourth-order valence-corrected chi connectivity index (χ4v) is 1.71. The Morgan fingerprint density at radius 1 is 1.28 bits per heavy atom. The van der Waals surface area contributed by atoms with E-state index in [0.29, 0.717) is 5.02 Å². The molecule has 1 aromatic carbocycles. The predicted octanol–water partition coefficient (Wildman–Crippen LogP) is 3.67. The standard InChI is InChI=1S/C11H8Cl2FN3O/c1-18-9-10(13)15-5-16-11(9)17-8-3-2-6(12)4-7(8)14/h2-5H,1H3,(H,15,16,17). The van der Waals surface area contributed by atoms with E-state index in [0.717, 1.165) is 0 Å². The molecular formula is C11H8Cl2FN3O. The van der Waals surface area contributed by atoms with Gasteiger partial charge in [-0.15, -0.1) is 0 Å². The highest BCUT2D eigenvalue weighted by Crippen LogP contribution is 2.31. The van der Waals surface area contributed by atoms with Crippen LogP contribution in [0.15, 0.2) is 24.5 Å². The van der Waals surface area contributed by atoms with E-state index in [1.54, 1.807) is 6.07 Å². The number of hydrogen-bond donors (Lipinski definition) is 1. The summed E-state index contributed by atoms with van der Waals surface area (Å²) < 4.78 is 18.7. The van der Waals surface area contributed by atoms with Crippen molar-refractivity contribution >= 4 is 34.7 Å². The van der Waals surface area contributed by atoms with Crippen molar-refractivity contribution in [1.82, 2.24) is 9.97 Å². The van der Waals surface area contributed by atoms with Crippen molar-refractivity contribution in [3.8, 4) is 5.75 Å². The van der Waals surface area contributed by atoms with Gasteiger partial charge in [-0.1, -0.05) is 23.2 Å². The lowest BCUT2D eigenvalue weighted by Crippen LogP contribution is -2.00. The van der Waals surface area contributed by atoms with Crippen LogP contribution in [0.5, 0.6) is 5.75 Å². The predicted molar refractivity (Wildman–Crippen MR) is 68.3 cm³/mol. The Labute approximate surface area is 113 Å². The van der Waals surface area contributed by atoms with Gasteiger partial charge in [0, 0.05) is 5.02 Å². The third-order valence-electron chi connectivity index (χ3n) is 2.15. The van der Waals surface area contributed by atoms with Crippen LogP contribution in [0, 0.1) is 5.82 Å². The van der Waals surface area contributed by atoms with Crippen molar-refractivity contribution in [2.75, 3.05) is 12.4 Å². The van der Waals surface area contributed by atoms with Crippen molar-refractivity contribution in [2.24, 2.45) is 0 Å². The molecule has 0 amide bonds. The zero-order valence-electron chi connectivity index (χ0n) is 9.25. The molecule has 0 bridgehead atoms. The number of anilines is 2. The number of nitrogens with one attached hydrogen (secondary N) is 1. The minimum atomic E-state index is -0.501. The zero-order chi connectivity index (χ0) is 13.1. The van der Waals surface area contributed by atoms with Crippen LogP contribution in [0.1, 0.15) is 0 Å². The molecule has 0 radical (unpaired) electrons. The van der Waals surface area contributed by atoms with E-state index < -0.39 is 5.82 Å². The molecule has 0 saturated carbocycles. The monoisotopic (exact) mass is 287 g/mol. The maximum Gasteiger partial charge on any atom is 0.199 e. The Balaban J connectivity index is 2.37. The number of aromatic nitrogens is 2. The molecule has 18 heavy (non-hydrogen) atoms. The summed E-state index contributed by atoms with van der Waals surface area (Å²) in [4.78, 5) is 7.70. The summed E-state index contributed by atoms with van der Waals surface area (Å²) in [6, 6.07) is 4.24. The first kappa shape index (κ1) is 12.9. The van der Waals surface area contributed by atoms with Gasteiger partial charge in [-0.05, 0) is 18.2 Å². The molecule has 1 aromatic heterocycles. The molecule has 0 aliphatic heterocycles. The van der Waals surface area contributed by atoms with Gasteiger partial charge in [-0.2, -0.15) is 0 Å². The highest BCUT2D eigenvalue weighted by Gasteiger charge is 2.12. The Morgan fingerprint density at radius 3 is 2.72 bits per heavy atom. The lowest BCUT2D eigenvalue weighted by Gasteiger charge is -2.11. The zero-order valence-corrected chi connectivity index (χ0v) is 10.8. The van der Waals surface area contributed by atoms with Gasteiger partial charge in [-0.3, -0.25) is 0 Å². The highest BCUT2D eigenvalue weighted by molar-refractivity contribution is 6.31. The summed E-state index contributed by atoms with van der Waals surface area (Å²) in [5.74, 6) is 0.0199. The largest absolute Gasteiger partial charge is 0.490 e. The second kappa shape index (κ2) is 5.37. The van der Waals surface area contributed by atoms with Gasteiger partial charge in [0.25, 0.3) is 0 Å². The topological polar surface area (TPSA) is 47.0 Å². The number of rotatable bonds is 3. The SMILES string of the molecule is COc1c(Cl)ncnc1Nc1ccc(Cl)cc1F. The molecule has 1 heterocycles. The van der Waals surface area contributed by atoms with Crippen molar-refractivity contribution in [3.05, 3.63) is 40.5 Å². The number of hydrogen-bond acceptors (Lipinski definition) is 4. The van der Waals surface area contributed by atoms with E-state index >= 15 is 0 Å². The summed E-state index contributed by atoms with van der Waals surface area (Å²) in [7, 11) is 1.42. The van der Waals surface area contributed by atoms with Gasteiger partial charge in [0.1, 0.15) is 12.1 Å². The second-order valence-electron chi connectivity index (χ2n) is 3.30. The van der Waals surface area contributed by atoms with Gasteiger partial charge in [0.2, 0.25) is 0 Å². The smallest absolute Gasteiger partial charge is 0.199 e. The third kappa shape index (κ3) is 2.63. The van der Waals surface area contributed by atoms with E-state index in [-0.39, 0.29) is 22.4 Å². The van der Waals surface area contributed by atoms with Gasteiger partial charge in [-0.25, -0.2) is 14.4 Å². The van der Waals surface area contributed by atoms with Gasteiger partial charge >= 0.3 is 0 Å². The van der Waals surface area contributed by atoms with E-state index in [1.807, 2.05) is 0 Å². The number of halogens is 3. The maximum absolute atomic E-state index is 13.6. The van der Waals surface area contributed by atoms with Crippen LogP contribution < -0.4 is 10.1 Å². The normalized spacial score (nSPS) is 10.2.